The van der Waals surface area contributed by atoms with Gasteiger partial charge < -0.3 is 20.7 Å². The topological polar surface area (TPSA) is 62.4 Å². The third-order valence-electron chi connectivity index (χ3n) is 4.02. The van der Waals surface area contributed by atoms with Gasteiger partial charge in [-0.25, -0.2) is 0 Å². The summed E-state index contributed by atoms with van der Waals surface area (Å²) in [6, 6.07) is 14.2. The van der Waals surface area contributed by atoms with Gasteiger partial charge in [-0.1, -0.05) is 29.8 Å². The van der Waals surface area contributed by atoms with Crippen molar-refractivity contribution >= 4 is 40.5 Å². The van der Waals surface area contributed by atoms with Crippen molar-refractivity contribution in [2.45, 2.75) is 13.0 Å². The molecule has 0 aliphatic carbocycles. The summed E-state index contributed by atoms with van der Waals surface area (Å²) in [6.07, 6.45) is 0. The number of rotatable bonds is 4. The van der Waals surface area contributed by atoms with E-state index in [-0.39, 0.29) is 5.91 Å². The molecule has 1 aliphatic rings. The Morgan fingerprint density at radius 1 is 1.23 bits per heavy atom. The number of anilines is 1. The molecule has 0 saturated heterocycles. The molecule has 2 aromatic rings. The molecule has 0 saturated carbocycles. The molecule has 0 aromatic heterocycles. The molecule has 0 radical (unpaired) electrons. The third kappa shape index (κ3) is 3.98. The number of allylic oxidation sites excluding steroid dienone is 1. The highest BCUT2D eigenvalue weighted by atomic mass is 35.5. The van der Waals surface area contributed by atoms with Crippen molar-refractivity contribution < 1.29 is 9.53 Å². The molecule has 26 heavy (non-hydrogen) atoms. The average Bonchev–Trinajstić information content (AvgIpc) is 2.61. The van der Waals surface area contributed by atoms with Gasteiger partial charge in [0.25, 0.3) is 5.91 Å². The molecule has 7 heteroatoms. The van der Waals surface area contributed by atoms with Gasteiger partial charge in [0, 0.05) is 16.4 Å². The van der Waals surface area contributed by atoms with Crippen LogP contribution in [-0.2, 0) is 4.79 Å². The number of halogens is 1. The highest BCUT2D eigenvalue weighted by Crippen LogP contribution is 2.30. The first-order valence-electron chi connectivity index (χ1n) is 7.97. The van der Waals surface area contributed by atoms with E-state index in [2.05, 4.69) is 16.0 Å². The first-order chi connectivity index (χ1) is 12.5. The zero-order valence-electron chi connectivity index (χ0n) is 14.3. The van der Waals surface area contributed by atoms with Crippen LogP contribution in [0.5, 0.6) is 5.75 Å². The fraction of sp³-hybridized carbons (Fsp3) is 0.158. The molecule has 1 amide bonds. The molecule has 0 fully saturated rings. The highest BCUT2D eigenvalue weighted by molar-refractivity contribution is 7.80. The number of ether oxygens (including phenoxy) is 1. The fourth-order valence-corrected chi connectivity index (χ4v) is 3.29. The Morgan fingerprint density at radius 3 is 2.73 bits per heavy atom. The van der Waals surface area contributed by atoms with E-state index in [1.165, 1.54) is 0 Å². The molecule has 5 nitrogen and oxygen atoms in total. The van der Waals surface area contributed by atoms with Crippen molar-refractivity contribution in [2.75, 3.05) is 12.4 Å². The monoisotopic (exact) mass is 387 g/mol. The number of hydrogen-bond donors (Lipinski definition) is 3. The maximum absolute atomic E-state index is 13.0. The highest BCUT2D eigenvalue weighted by Gasteiger charge is 2.30. The summed E-state index contributed by atoms with van der Waals surface area (Å²) in [7, 11) is 1.60. The van der Waals surface area contributed by atoms with Crippen LogP contribution in [-0.4, -0.2) is 18.1 Å². The molecule has 0 spiro atoms. The third-order valence-corrected chi connectivity index (χ3v) is 4.48. The molecule has 0 bridgehead atoms. The van der Waals surface area contributed by atoms with Crippen molar-refractivity contribution in [3.05, 3.63) is 70.4 Å². The van der Waals surface area contributed by atoms with Crippen LogP contribution in [0.15, 0.2) is 59.8 Å². The number of carbonyl (C=O) groups excluding carboxylic acids is 1. The van der Waals surface area contributed by atoms with Gasteiger partial charge in [-0.15, -0.1) is 0 Å². The van der Waals surface area contributed by atoms with E-state index in [0.717, 1.165) is 5.56 Å². The summed E-state index contributed by atoms with van der Waals surface area (Å²) in [6.45, 7) is 1.83. The predicted molar refractivity (Wildman–Crippen MR) is 107 cm³/mol. The predicted octanol–water partition coefficient (Wildman–Crippen LogP) is 3.78. The van der Waals surface area contributed by atoms with E-state index < -0.39 is 6.04 Å². The van der Waals surface area contributed by atoms with Gasteiger partial charge in [0.1, 0.15) is 5.75 Å². The SMILES string of the molecule is COc1cccc([C@H]2NC(=S)NC(C)=C2C(=O)Nc2cccc(Cl)c2)c1. The molecule has 3 rings (SSSR count). The Labute approximate surface area is 162 Å². The lowest BCUT2D eigenvalue weighted by molar-refractivity contribution is -0.113. The quantitative estimate of drug-likeness (QED) is 0.697. The minimum Gasteiger partial charge on any atom is -0.497 e. The summed E-state index contributed by atoms with van der Waals surface area (Å²) < 4.78 is 5.30. The van der Waals surface area contributed by atoms with E-state index in [1.54, 1.807) is 31.4 Å². The van der Waals surface area contributed by atoms with Crippen LogP contribution in [0.1, 0.15) is 18.5 Å². The second kappa shape index (κ2) is 7.76. The number of nitrogens with one attached hydrogen (secondary N) is 3. The van der Waals surface area contributed by atoms with Crippen molar-refractivity contribution in [3.8, 4) is 5.75 Å². The average molecular weight is 388 g/mol. The molecule has 3 N–H and O–H groups in total. The zero-order chi connectivity index (χ0) is 18.7. The van der Waals surface area contributed by atoms with Crippen molar-refractivity contribution in [1.82, 2.24) is 10.6 Å². The van der Waals surface area contributed by atoms with Crippen LogP contribution in [0.4, 0.5) is 5.69 Å². The van der Waals surface area contributed by atoms with Gasteiger partial charge in [0.15, 0.2) is 5.11 Å². The van der Waals surface area contributed by atoms with Crippen LogP contribution in [0.25, 0.3) is 0 Å². The van der Waals surface area contributed by atoms with Crippen LogP contribution in [0.2, 0.25) is 5.02 Å². The lowest BCUT2D eigenvalue weighted by atomic mass is 9.94. The van der Waals surface area contributed by atoms with Crippen molar-refractivity contribution in [3.63, 3.8) is 0 Å². The lowest BCUT2D eigenvalue weighted by Crippen LogP contribution is -2.45. The van der Waals surface area contributed by atoms with E-state index in [0.29, 0.717) is 32.8 Å². The van der Waals surface area contributed by atoms with Gasteiger partial charge in [-0.2, -0.15) is 0 Å². The molecule has 1 heterocycles. The first kappa shape index (κ1) is 18.2. The van der Waals surface area contributed by atoms with Crippen LogP contribution in [0, 0.1) is 0 Å². The summed E-state index contributed by atoms with van der Waals surface area (Å²) in [5.74, 6) is 0.473. The van der Waals surface area contributed by atoms with Crippen LogP contribution < -0.4 is 20.7 Å². The van der Waals surface area contributed by atoms with Gasteiger partial charge in [0.2, 0.25) is 0 Å². The Kier molecular flexibility index (Phi) is 5.44. The molecule has 1 atom stereocenters. The van der Waals surface area contributed by atoms with Crippen molar-refractivity contribution in [1.29, 1.82) is 0 Å². The largest absolute Gasteiger partial charge is 0.497 e. The maximum atomic E-state index is 13.0. The minimum absolute atomic E-state index is 0.236. The number of thiocarbonyl (C=S) groups is 1. The number of hydrogen-bond acceptors (Lipinski definition) is 3. The number of methoxy groups -OCH3 is 1. The molecular formula is C19H18ClN3O2S. The second-order valence-corrected chi connectivity index (χ2v) is 6.66. The zero-order valence-corrected chi connectivity index (χ0v) is 15.9. The summed E-state index contributed by atoms with van der Waals surface area (Å²) in [5, 5.41) is 10.1. The van der Waals surface area contributed by atoms with Gasteiger partial charge >= 0.3 is 0 Å². The number of amides is 1. The van der Waals surface area contributed by atoms with Gasteiger partial charge in [-0.05, 0) is 55.0 Å². The number of carbonyl (C=O) groups is 1. The Balaban J connectivity index is 1.96. The summed E-state index contributed by atoms with van der Waals surface area (Å²) in [4.78, 5) is 13.0. The summed E-state index contributed by atoms with van der Waals surface area (Å²) >= 11 is 11.3. The molecule has 1 aliphatic heterocycles. The van der Waals surface area contributed by atoms with Crippen LogP contribution in [0.3, 0.4) is 0 Å². The van der Waals surface area contributed by atoms with Gasteiger partial charge in [0.05, 0.1) is 18.7 Å². The Bertz CT molecular complexity index is 898. The normalized spacial score (nSPS) is 16.6. The maximum Gasteiger partial charge on any atom is 0.255 e. The molecule has 0 unspecified atom stereocenters. The number of benzene rings is 2. The van der Waals surface area contributed by atoms with Gasteiger partial charge in [-0.3, -0.25) is 4.79 Å². The smallest absolute Gasteiger partial charge is 0.255 e. The Morgan fingerprint density at radius 2 is 2.00 bits per heavy atom. The minimum atomic E-state index is -0.391. The fourth-order valence-electron chi connectivity index (χ4n) is 2.83. The van der Waals surface area contributed by atoms with Crippen molar-refractivity contribution in [2.24, 2.45) is 0 Å². The first-order valence-corrected chi connectivity index (χ1v) is 8.75. The molecule has 134 valence electrons. The Hall–Kier alpha value is -2.57. The van der Waals surface area contributed by atoms with E-state index >= 15 is 0 Å². The molecule has 2 aromatic carbocycles. The van der Waals surface area contributed by atoms with E-state index in [1.807, 2.05) is 31.2 Å². The lowest BCUT2D eigenvalue weighted by Gasteiger charge is -2.30. The van der Waals surface area contributed by atoms with E-state index in [4.69, 9.17) is 28.6 Å². The second-order valence-electron chi connectivity index (χ2n) is 5.81. The van der Waals surface area contributed by atoms with Crippen LogP contribution >= 0.6 is 23.8 Å². The molecular weight excluding hydrogens is 370 g/mol. The summed E-state index contributed by atoms with van der Waals surface area (Å²) in [5.41, 5.74) is 2.75. The standard InChI is InChI=1S/C19H18ClN3O2S/c1-11-16(18(24)22-14-7-4-6-13(20)10-14)17(23-19(26)21-11)12-5-3-8-15(9-12)25-2/h3-10,17H,1-2H3,(H,22,24)(H2,21,23,26)/t17-/m1/s1. The van der Waals surface area contributed by atoms with E-state index in [9.17, 15) is 4.79 Å².